The zero-order chi connectivity index (χ0) is 13.8. The van der Waals surface area contributed by atoms with Crippen LogP contribution in [-0.2, 0) is 0 Å². The molecule has 19 heavy (non-hydrogen) atoms. The summed E-state index contributed by atoms with van der Waals surface area (Å²) in [5.41, 5.74) is 0. The van der Waals surface area contributed by atoms with Crippen LogP contribution in [0.15, 0.2) is 0 Å². The van der Waals surface area contributed by atoms with Crippen LogP contribution in [0, 0.1) is 5.92 Å². The van der Waals surface area contributed by atoms with Crippen LogP contribution in [0.4, 0.5) is 11.9 Å². The first-order chi connectivity index (χ1) is 9.10. The van der Waals surface area contributed by atoms with Crippen molar-refractivity contribution in [3.8, 4) is 0 Å². The Labute approximate surface area is 120 Å². The van der Waals surface area contributed by atoms with Gasteiger partial charge in [-0.3, -0.25) is 0 Å². The van der Waals surface area contributed by atoms with Crippen LogP contribution in [-0.4, -0.2) is 41.6 Å². The second-order valence-corrected chi connectivity index (χ2v) is 5.63. The fraction of sp³-hybridized carbons (Fsp3) is 0.769. The van der Waals surface area contributed by atoms with Crippen molar-refractivity contribution in [3.05, 3.63) is 5.28 Å². The first-order valence-corrected chi connectivity index (χ1v) is 7.35. The van der Waals surface area contributed by atoms with Gasteiger partial charge in [0.25, 0.3) is 0 Å². The number of nitrogens with zero attached hydrogens (tertiary/aromatic N) is 5. The molecule has 1 aliphatic rings. The summed E-state index contributed by atoms with van der Waals surface area (Å²) in [7, 11) is 2.01. The van der Waals surface area contributed by atoms with E-state index in [2.05, 4.69) is 38.6 Å². The molecule has 0 saturated carbocycles. The molecule has 6 heteroatoms. The van der Waals surface area contributed by atoms with Gasteiger partial charge in [-0.1, -0.05) is 20.3 Å². The van der Waals surface area contributed by atoms with Crippen molar-refractivity contribution in [1.82, 2.24) is 15.0 Å². The van der Waals surface area contributed by atoms with Gasteiger partial charge in [-0.2, -0.15) is 15.0 Å². The molecule has 1 aliphatic heterocycles. The topological polar surface area (TPSA) is 45.2 Å². The third kappa shape index (κ3) is 3.69. The molecule has 1 fully saturated rings. The fourth-order valence-electron chi connectivity index (χ4n) is 2.24. The van der Waals surface area contributed by atoms with Gasteiger partial charge < -0.3 is 9.80 Å². The van der Waals surface area contributed by atoms with Crippen molar-refractivity contribution in [1.29, 1.82) is 0 Å². The number of halogens is 1. The van der Waals surface area contributed by atoms with Gasteiger partial charge in [0, 0.05) is 26.7 Å². The van der Waals surface area contributed by atoms with Gasteiger partial charge in [0.1, 0.15) is 0 Å². The van der Waals surface area contributed by atoms with E-state index >= 15 is 0 Å². The average molecular weight is 284 g/mol. The number of anilines is 2. The van der Waals surface area contributed by atoms with E-state index in [9.17, 15) is 0 Å². The molecular formula is C13H22ClN5. The molecule has 106 valence electrons. The molecule has 0 amide bonds. The molecule has 1 aromatic rings. The summed E-state index contributed by atoms with van der Waals surface area (Å²) in [4.78, 5) is 17.3. The molecular weight excluding hydrogens is 262 g/mol. The lowest BCUT2D eigenvalue weighted by atomic mass is 10.1. The molecule has 0 N–H and O–H groups in total. The highest BCUT2D eigenvalue weighted by atomic mass is 35.5. The van der Waals surface area contributed by atoms with Crippen molar-refractivity contribution in [2.45, 2.75) is 33.1 Å². The predicted molar refractivity (Wildman–Crippen MR) is 79.0 cm³/mol. The quantitative estimate of drug-likeness (QED) is 0.831. The predicted octanol–water partition coefficient (Wildman–Crippen LogP) is 2.61. The summed E-state index contributed by atoms with van der Waals surface area (Å²) < 4.78 is 0. The van der Waals surface area contributed by atoms with Gasteiger partial charge in [0.2, 0.25) is 17.2 Å². The van der Waals surface area contributed by atoms with Crippen molar-refractivity contribution in [3.63, 3.8) is 0 Å². The Morgan fingerprint density at radius 1 is 1.26 bits per heavy atom. The fourth-order valence-corrected chi connectivity index (χ4v) is 2.39. The third-order valence-electron chi connectivity index (χ3n) is 3.60. The monoisotopic (exact) mass is 283 g/mol. The van der Waals surface area contributed by atoms with Crippen LogP contribution >= 0.6 is 11.6 Å². The van der Waals surface area contributed by atoms with Crippen molar-refractivity contribution in [2.24, 2.45) is 5.92 Å². The number of aromatic nitrogens is 3. The standard InChI is InChI=1S/C13H22ClN5/c1-4-10(2)9-18(3)12-15-11(14)16-13(17-12)19-7-5-6-8-19/h10H,4-9H2,1-3H3. The van der Waals surface area contributed by atoms with Crippen molar-refractivity contribution >= 4 is 23.5 Å². The Kier molecular flexibility index (Phi) is 4.80. The van der Waals surface area contributed by atoms with Crippen LogP contribution in [0.5, 0.6) is 0 Å². The normalized spacial score (nSPS) is 16.7. The third-order valence-corrected chi connectivity index (χ3v) is 3.77. The molecule has 0 radical (unpaired) electrons. The van der Waals surface area contributed by atoms with Crippen LogP contribution in [0.3, 0.4) is 0 Å². The molecule has 1 atom stereocenters. The molecule has 2 heterocycles. The molecule has 1 aromatic heterocycles. The Morgan fingerprint density at radius 3 is 2.58 bits per heavy atom. The number of rotatable bonds is 5. The molecule has 5 nitrogen and oxygen atoms in total. The van der Waals surface area contributed by atoms with Gasteiger partial charge in [-0.05, 0) is 30.4 Å². The van der Waals surface area contributed by atoms with E-state index in [-0.39, 0.29) is 5.28 Å². The summed E-state index contributed by atoms with van der Waals surface area (Å²) in [5.74, 6) is 1.99. The van der Waals surface area contributed by atoms with Crippen LogP contribution in [0.25, 0.3) is 0 Å². The minimum absolute atomic E-state index is 0.280. The summed E-state index contributed by atoms with van der Waals surface area (Å²) in [6.07, 6.45) is 3.53. The lowest BCUT2D eigenvalue weighted by Gasteiger charge is -2.22. The Morgan fingerprint density at radius 2 is 1.95 bits per heavy atom. The maximum absolute atomic E-state index is 6.03. The molecule has 2 rings (SSSR count). The highest BCUT2D eigenvalue weighted by molar-refractivity contribution is 6.28. The summed E-state index contributed by atoms with van der Waals surface area (Å²) in [6, 6.07) is 0. The molecule has 0 spiro atoms. The molecule has 0 aromatic carbocycles. The van der Waals surface area contributed by atoms with E-state index in [1.54, 1.807) is 0 Å². The Balaban J connectivity index is 2.15. The number of hydrogen-bond donors (Lipinski definition) is 0. The van der Waals surface area contributed by atoms with E-state index in [0.717, 1.165) is 26.1 Å². The van der Waals surface area contributed by atoms with Gasteiger partial charge in [-0.15, -0.1) is 0 Å². The lowest BCUT2D eigenvalue weighted by Crippen LogP contribution is -2.27. The zero-order valence-electron chi connectivity index (χ0n) is 11.9. The molecule has 1 saturated heterocycles. The van der Waals surface area contributed by atoms with Gasteiger partial charge >= 0.3 is 0 Å². The summed E-state index contributed by atoms with van der Waals surface area (Å²) >= 11 is 6.03. The first-order valence-electron chi connectivity index (χ1n) is 6.97. The number of hydrogen-bond acceptors (Lipinski definition) is 5. The highest BCUT2D eigenvalue weighted by Gasteiger charge is 2.18. The molecule has 1 unspecified atom stereocenters. The van der Waals surface area contributed by atoms with Crippen molar-refractivity contribution < 1.29 is 0 Å². The van der Waals surface area contributed by atoms with E-state index in [0.29, 0.717) is 17.8 Å². The maximum atomic E-state index is 6.03. The minimum atomic E-state index is 0.280. The van der Waals surface area contributed by atoms with Crippen molar-refractivity contribution in [2.75, 3.05) is 36.5 Å². The Bertz CT molecular complexity index is 419. The minimum Gasteiger partial charge on any atom is -0.343 e. The first kappa shape index (κ1) is 14.3. The smallest absolute Gasteiger partial charge is 0.231 e. The summed E-state index contributed by atoms with van der Waals surface area (Å²) in [5, 5.41) is 0.280. The Hall–Kier alpha value is -1.10. The largest absolute Gasteiger partial charge is 0.343 e. The molecule has 0 aliphatic carbocycles. The SMILES string of the molecule is CCC(C)CN(C)c1nc(Cl)nc(N2CCCC2)n1. The van der Waals surface area contributed by atoms with E-state index in [4.69, 9.17) is 11.6 Å². The van der Waals surface area contributed by atoms with Gasteiger partial charge in [-0.25, -0.2) is 0 Å². The lowest BCUT2D eigenvalue weighted by molar-refractivity contribution is 0.554. The molecule has 0 bridgehead atoms. The van der Waals surface area contributed by atoms with E-state index < -0.39 is 0 Å². The average Bonchev–Trinajstić information content (AvgIpc) is 2.91. The van der Waals surface area contributed by atoms with E-state index in [1.807, 2.05) is 7.05 Å². The second-order valence-electron chi connectivity index (χ2n) is 5.29. The summed E-state index contributed by atoms with van der Waals surface area (Å²) in [6.45, 7) is 7.36. The van der Waals surface area contributed by atoms with Crippen LogP contribution in [0.2, 0.25) is 5.28 Å². The maximum Gasteiger partial charge on any atom is 0.231 e. The highest BCUT2D eigenvalue weighted by Crippen LogP contribution is 2.20. The van der Waals surface area contributed by atoms with Crippen LogP contribution in [0.1, 0.15) is 33.1 Å². The van der Waals surface area contributed by atoms with E-state index in [1.165, 1.54) is 12.8 Å². The van der Waals surface area contributed by atoms with Crippen LogP contribution < -0.4 is 9.80 Å². The van der Waals surface area contributed by atoms with Gasteiger partial charge in [0.05, 0.1) is 0 Å². The second kappa shape index (κ2) is 6.37. The zero-order valence-corrected chi connectivity index (χ0v) is 12.7. The van der Waals surface area contributed by atoms with Gasteiger partial charge in [0.15, 0.2) is 0 Å².